The first-order valence-corrected chi connectivity index (χ1v) is 14.9. The van der Waals surface area contributed by atoms with E-state index < -0.39 is 42.9 Å². The summed E-state index contributed by atoms with van der Waals surface area (Å²) in [5, 5.41) is 41.2. The molecule has 2 aliphatic heterocycles. The lowest BCUT2D eigenvalue weighted by atomic mass is 9.42. The highest BCUT2D eigenvalue weighted by molar-refractivity contribution is 5.67. The van der Waals surface area contributed by atoms with Gasteiger partial charge in [0.05, 0.1) is 36.4 Å². The number of aliphatic hydroxyl groups is 3. The first kappa shape index (κ1) is 27.4. The van der Waals surface area contributed by atoms with E-state index in [2.05, 4.69) is 13.8 Å². The summed E-state index contributed by atoms with van der Waals surface area (Å²) in [7, 11) is 0. The van der Waals surface area contributed by atoms with E-state index in [4.69, 9.17) is 19.9 Å². The highest BCUT2D eigenvalue weighted by atomic mass is 16.7. The lowest BCUT2D eigenvalue weighted by molar-refractivity contribution is -0.334. The Labute approximate surface area is 225 Å². The van der Waals surface area contributed by atoms with E-state index in [1.807, 2.05) is 0 Å². The summed E-state index contributed by atoms with van der Waals surface area (Å²) in [6.07, 6.45) is 4.57. The van der Waals surface area contributed by atoms with Gasteiger partial charge in [-0.05, 0) is 93.8 Å². The predicted octanol–water partition coefficient (Wildman–Crippen LogP) is 2.39. The Bertz CT molecular complexity index is 934. The van der Waals surface area contributed by atoms with Crippen molar-refractivity contribution in [2.75, 3.05) is 0 Å². The van der Waals surface area contributed by atoms with Crippen LogP contribution in [-0.2, 0) is 19.0 Å². The minimum atomic E-state index is -1.06. The second-order valence-corrected chi connectivity index (χ2v) is 14.1. The van der Waals surface area contributed by atoms with Crippen molar-refractivity contribution >= 4 is 5.97 Å². The largest absolute Gasteiger partial charge is 0.481 e. The Kier molecular flexibility index (Phi) is 6.74. The third-order valence-corrected chi connectivity index (χ3v) is 12.7. The fraction of sp³-hybridized carbons (Fsp3) is 0.966. The number of aliphatic carboxylic acids is 1. The molecule has 2 bridgehead atoms. The van der Waals surface area contributed by atoms with Gasteiger partial charge in [0.25, 0.3) is 0 Å². The van der Waals surface area contributed by atoms with Crippen LogP contribution in [0.4, 0.5) is 0 Å². The third kappa shape index (κ3) is 3.79. The molecule has 4 saturated carbocycles. The standard InChI is InChI=1S/C29H47NO8/c1-14-23(33)22(30)24(34)26(36-14)37-16-6-9-27(2)15(12-16)4-5-20-19(27)7-10-28(3)18-8-11-29(20,28)38-25(35)17(18)13-21(31)32/h14-20,22-26,33-35H,4-13,30H2,1-3H3,(H,31,32)/t14-,15+,16-,17-,18+,19-,20+,22-,23-,24+,25+,26-,27-,28+,29-/m0/s1. The third-order valence-electron chi connectivity index (χ3n) is 12.7. The average Bonchev–Trinajstić information content (AvgIpc) is 3.07. The Morgan fingerprint density at radius 3 is 2.45 bits per heavy atom. The van der Waals surface area contributed by atoms with Crippen LogP contribution in [0.1, 0.15) is 85.0 Å². The summed E-state index contributed by atoms with van der Waals surface area (Å²) in [5.74, 6) is 0.350. The average molecular weight is 538 g/mol. The number of fused-ring (bicyclic) bond motifs is 3. The molecular formula is C29H47NO8. The van der Waals surface area contributed by atoms with E-state index in [0.717, 1.165) is 57.8 Å². The molecule has 0 spiro atoms. The molecule has 0 amide bonds. The van der Waals surface area contributed by atoms with Crippen LogP contribution in [0.25, 0.3) is 0 Å². The predicted molar refractivity (Wildman–Crippen MR) is 136 cm³/mol. The minimum Gasteiger partial charge on any atom is -0.481 e. The van der Waals surface area contributed by atoms with Gasteiger partial charge < -0.3 is 40.4 Å². The molecule has 9 heteroatoms. The number of aliphatic hydroxyl groups excluding tert-OH is 3. The number of nitrogens with two attached hydrogens (primary N) is 1. The Balaban J connectivity index is 1.18. The normalized spacial score (nSPS) is 58.0. The highest BCUT2D eigenvalue weighted by Gasteiger charge is 2.72. The Hall–Kier alpha value is -0.810. The monoisotopic (exact) mass is 537 g/mol. The number of hydrogen-bond acceptors (Lipinski definition) is 8. The van der Waals surface area contributed by atoms with Gasteiger partial charge in [0, 0.05) is 11.3 Å². The lowest BCUT2D eigenvalue weighted by Gasteiger charge is -2.67. The molecule has 9 nitrogen and oxygen atoms in total. The van der Waals surface area contributed by atoms with Crippen molar-refractivity contribution in [1.29, 1.82) is 0 Å². The van der Waals surface area contributed by atoms with Crippen molar-refractivity contribution in [1.82, 2.24) is 0 Å². The van der Waals surface area contributed by atoms with Crippen molar-refractivity contribution in [2.24, 2.45) is 46.2 Å². The molecule has 0 aromatic rings. The van der Waals surface area contributed by atoms with Gasteiger partial charge in [-0.2, -0.15) is 0 Å². The van der Waals surface area contributed by atoms with Gasteiger partial charge in [-0.15, -0.1) is 0 Å². The van der Waals surface area contributed by atoms with E-state index in [1.54, 1.807) is 6.92 Å². The van der Waals surface area contributed by atoms with E-state index in [9.17, 15) is 25.2 Å². The van der Waals surface area contributed by atoms with Gasteiger partial charge in [0.15, 0.2) is 12.6 Å². The smallest absolute Gasteiger partial charge is 0.303 e. The summed E-state index contributed by atoms with van der Waals surface area (Å²) in [4.78, 5) is 11.6. The van der Waals surface area contributed by atoms with Crippen molar-refractivity contribution in [2.45, 2.75) is 134 Å². The summed E-state index contributed by atoms with van der Waals surface area (Å²) in [6, 6.07) is -0.792. The fourth-order valence-electron chi connectivity index (χ4n) is 10.6. The molecule has 6 fully saturated rings. The van der Waals surface area contributed by atoms with Gasteiger partial charge in [0.2, 0.25) is 0 Å². The van der Waals surface area contributed by atoms with Gasteiger partial charge in [-0.3, -0.25) is 4.79 Å². The van der Waals surface area contributed by atoms with E-state index in [-0.39, 0.29) is 40.8 Å². The van der Waals surface area contributed by atoms with Crippen LogP contribution in [0, 0.1) is 40.4 Å². The molecule has 2 heterocycles. The molecule has 38 heavy (non-hydrogen) atoms. The number of carboxylic acid groups (broad SMARTS) is 1. The summed E-state index contributed by atoms with van der Waals surface area (Å²) >= 11 is 0. The van der Waals surface area contributed by atoms with Crippen LogP contribution < -0.4 is 5.73 Å². The summed E-state index contributed by atoms with van der Waals surface area (Å²) < 4.78 is 18.7. The molecule has 6 N–H and O–H groups in total. The molecule has 4 aliphatic carbocycles. The number of carbonyl (C=O) groups is 1. The quantitative estimate of drug-likeness (QED) is 0.340. The fourth-order valence-corrected chi connectivity index (χ4v) is 10.6. The van der Waals surface area contributed by atoms with Crippen molar-refractivity contribution in [3.63, 3.8) is 0 Å². The maximum atomic E-state index is 11.6. The van der Waals surface area contributed by atoms with Crippen LogP contribution in [0.3, 0.4) is 0 Å². The molecular weight excluding hydrogens is 490 g/mol. The van der Waals surface area contributed by atoms with Crippen LogP contribution in [0.5, 0.6) is 0 Å². The maximum Gasteiger partial charge on any atom is 0.303 e. The molecule has 216 valence electrons. The molecule has 6 rings (SSSR count). The Morgan fingerprint density at radius 1 is 0.974 bits per heavy atom. The van der Waals surface area contributed by atoms with Crippen LogP contribution in [-0.4, -0.2) is 75.0 Å². The number of rotatable bonds is 4. The topological polar surface area (TPSA) is 152 Å². The van der Waals surface area contributed by atoms with Gasteiger partial charge in [-0.1, -0.05) is 13.8 Å². The molecule has 0 radical (unpaired) electrons. The number of hydrogen-bond donors (Lipinski definition) is 5. The summed E-state index contributed by atoms with van der Waals surface area (Å²) in [5.41, 5.74) is 5.71. The maximum absolute atomic E-state index is 11.6. The second kappa shape index (κ2) is 9.36. The van der Waals surface area contributed by atoms with Gasteiger partial charge >= 0.3 is 5.97 Å². The van der Waals surface area contributed by atoms with Crippen molar-refractivity contribution in [3.05, 3.63) is 0 Å². The van der Waals surface area contributed by atoms with Crippen LogP contribution >= 0.6 is 0 Å². The summed E-state index contributed by atoms with van der Waals surface area (Å²) in [6.45, 7) is 6.52. The van der Waals surface area contributed by atoms with Crippen LogP contribution in [0.15, 0.2) is 0 Å². The molecule has 15 atom stereocenters. The number of carboxylic acids is 1. The molecule has 6 aliphatic rings. The van der Waals surface area contributed by atoms with E-state index in [1.165, 1.54) is 0 Å². The minimum absolute atomic E-state index is 0.0219. The Morgan fingerprint density at radius 2 is 1.71 bits per heavy atom. The molecule has 2 saturated heterocycles. The van der Waals surface area contributed by atoms with E-state index in [0.29, 0.717) is 17.8 Å². The zero-order valence-corrected chi connectivity index (χ0v) is 23.0. The SMILES string of the molecule is C[C@@H]1O[C@@H](O[C@H]2CC[C@@]3(C)[C@H](CC[C@@H]4[C@@H]3CC[C@]3(C)[C@@H]5CC[C@]43O[C@@H](O)[C@H]5CC(=O)O)C2)[C@H](O)[C@@H](N)[C@H]1O. The zero-order chi connectivity index (χ0) is 27.2. The van der Waals surface area contributed by atoms with Crippen LogP contribution in [0.2, 0.25) is 0 Å². The second-order valence-electron chi connectivity index (χ2n) is 14.1. The van der Waals surface area contributed by atoms with Gasteiger partial charge in [0.1, 0.15) is 6.10 Å². The van der Waals surface area contributed by atoms with Gasteiger partial charge in [-0.25, -0.2) is 0 Å². The molecule has 0 aromatic heterocycles. The number of ether oxygens (including phenoxy) is 3. The molecule has 0 unspecified atom stereocenters. The lowest BCUT2D eigenvalue weighted by Crippen LogP contribution is -2.67. The first-order chi connectivity index (χ1) is 17.9. The van der Waals surface area contributed by atoms with Crippen molar-refractivity contribution in [3.8, 4) is 0 Å². The zero-order valence-electron chi connectivity index (χ0n) is 23.0. The first-order valence-electron chi connectivity index (χ1n) is 14.9. The van der Waals surface area contributed by atoms with E-state index >= 15 is 0 Å². The van der Waals surface area contributed by atoms with Crippen molar-refractivity contribution < 1.29 is 39.4 Å². The molecule has 0 aromatic carbocycles. The highest BCUT2D eigenvalue weighted by Crippen LogP contribution is 2.73.